The second kappa shape index (κ2) is 4.88. The highest BCUT2D eigenvalue weighted by Crippen LogP contribution is 2.05. The van der Waals surface area contributed by atoms with Gasteiger partial charge in [-0.05, 0) is 0 Å². The lowest BCUT2D eigenvalue weighted by Gasteiger charge is -1.69. The van der Waals surface area contributed by atoms with E-state index < -0.39 is 0 Å². The normalized spacial score (nSPS) is 19.9. The Morgan fingerprint density at radius 1 is 1.09 bits per heavy atom. The van der Waals surface area contributed by atoms with E-state index in [1.807, 2.05) is 36.4 Å². The highest BCUT2D eigenvalue weighted by molar-refractivity contribution is 4.99. The zero-order valence-electron chi connectivity index (χ0n) is 6.27. The molecule has 0 bridgehead atoms. The molecule has 1 radical (unpaired) electrons. The molecule has 2 nitrogen and oxygen atoms in total. The summed E-state index contributed by atoms with van der Waals surface area (Å²) in [6.45, 7) is 0.642. The Morgan fingerprint density at radius 3 is 1.55 bits per heavy atom. The van der Waals surface area contributed by atoms with Crippen LogP contribution in [0.3, 0.4) is 0 Å². The van der Waals surface area contributed by atoms with Crippen LogP contribution >= 0.6 is 0 Å². The Labute approximate surface area is 66.4 Å². The second-order valence-corrected chi connectivity index (χ2v) is 2.28. The predicted molar refractivity (Wildman–Crippen MR) is 41.7 cm³/mol. The third-order valence-electron chi connectivity index (χ3n) is 1.25. The Bertz CT molecular complexity index is 143. The maximum Gasteiger partial charge on any atom is 0.111 e. The molecule has 59 valence electrons. The SMILES string of the molecule is [O]CC1CO1.c1ccccc1. The molecular weight excluding hydrogens is 140 g/mol. The molecule has 1 atom stereocenters. The third kappa shape index (κ3) is 4.53. The van der Waals surface area contributed by atoms with Crippen molar-refractivity contribution in [1.29, 1.82) is 0 Å². The average molecular weight is 151 g/mol. The molecule has 1 aliphatic heterocycles. The van der Waals surface area contributed by atoms with Crippen LogP contribution in [-0.4, -0.2) is 19.3 Å². The zero-order valence-corrected chi connectivity index (χ0v) is 6.27. The molecule has 1 aromatic carbocycles. The molecule has 1 aromatic rings. The topological polar surface area (TPSA) is 32.4 Å². The largest absolute Gasteiger partial charge is 0.370 e. The van der Waals surface area contributed by atoms with E-state index in [0.717, 1.165) is 0 Å². The Hall–Kier alpha value is -0.860. The Balaban J connectivity index is 0.000000112. The van der Waals surface area contributed by atoms with Crippen LogP contribution in [0.1, 0.15) is 0 Å². The smallest absolute Gasteiger partial charge is 0.111 e. The molecule has 1 aliphatic rings. The first kappa shape index (κ1) is 8.24. The van der Waals surface area contributed by atoms with Gasteiger partial charge in [-0.2, -0.15) is 0 Å². The number of ether oxygens (including phenoxy) is 1. The molecule has 2 rings (SSSR count). The molecular formula is C9H11O2. The van der Waals surface area contributed by atoms with E-state index in [2.05, 4.69) is 4.74 Å². The molecule has 1 unspecified atom stereocenters. The summed E-state index contributed by atoms with van der Waals surface area (Å²) in [5, 5.41) is 9.57. The molecule has 0 N–H and O–H groups in total. The van der Waals surface area contributed by atoms with E-state index in [1.54, 1.807) is 0 Å². The molecule has 0 aromatic heterocycles. The minimum absolute atomic E-state index is 0.0556. The predicted octanol–water partition coefficient (Wildman–Crippen LogP) is 1.50. The van der Waals surface area contributed by atoms with Gasteiger partial charge < -0.3 is 4.74 Å². The van der Waals surface area contributed by atoms with Crippen molar-refractivity contribution in [2.75, 3.05) is 13.2 Å². The van der Waals surface area contributed by atoms with Gasteiger partial charge in [-0.1, -0.05) is 36.4 Å². The maximum absolute atomic E-state index is 9.57. The van der Waals surface area contributed by atoms with Crippen molar-refractivity contribution < 1.29 is 9.84 Å². The Kier molecular flexibility index (Phi) is 3.65. The van der Waals surface area contributed by atoms with Crippen molar-refractivity contribution >= 4 is 0 Å². The van der Waals surface area contributed by atoms with Crippen molar-refractivity contribution in [3.05, 3.63) is 36.4 Å². The summed E-state index contributed by atoms with van der Waals surface area (Å²) in [6, 6.07) is 12.0. The number of hydrogen-bond acceptors (Lipinski definition) is 1. The van der Waals surface area contributed by atoms with E-state index in [0.29, 0.717) is 6.61 Å². The minimum atomic E-state index is -0.0556. The first-order chi connectivity index (χ1) is 5.43. The summed E-state index contributed by atoms with van der Waals surface area (Å²) in [4.78, 5) is 0. The lowest BCUT2D eigenvalue weighted by atomic mass is 10.4. The number of benzene rings is 1. The monoisotopic (exact) mass is 151 g/mol. The molecule has 1 saturated heterocycles. The summed E-state index contributed by atoms with van der Waals surface area (Å²) in [7, 11) is 0. The van der Waals surface area contributed by atoms with Crippen LogP contribution < -0.4 is 0 Å². The quantitative estimate of drug-likeness (QED) is 0.560. The maximum atomic E-state index is 9.57. The fourth-order valence-corrected chi connectivity index (χ4v) is 0.549. The number of hydrogen-bond donors (Lipinski definition) is 0. The highest BCUT2D eigenvalue weighted by Gasteiger charge is 2.20. The van der Waals surface area contributed by atoms with E-state index in [9.17, 15) is 5.11 Å². The van der Waals surface area contributed by atoms with Crippen molar-refractivity contribution in [3.63, 3.8) is 0 Å². The fraction of sp³-hybridized carbons (Fsp3) is 0.333. The molecule has 1 heterocycles. The van der Waals surface area contributed by atoms with Crippen LogP contribution in [0.4, 0.5) is 0 Å². The fourth-order valence-electron chi connectivity index (χ4n) is 0.549. The third-order valence-corrected chi connectivity index (χ3v) is 1.25. The summed E-state index contributed by atoms with van der Waals surface area (Å²) in [5.41, 5.74) is 0. The number of rotatable bonds is 1. The van der Waals surface area contributed by atoms with Crippen LogP contribution in [0.15, 0.2) is 36.4 Å². The summed E-state index contributed by atoms with van der Waals surface area (Å²) in [6.07, 6.45) is 0.0787. The van der Waals surface area contributed by atoms with Gasteiger partial charge in [-0.15, -0.1) is 0 Å². The van der Waals surface area contributed by atoms with Crippen LogP contribution in [0.5, 0.6) is 0 Å². The van der Waals surface area contributed by atoms with Crippen LogP contribution in [0, 0.1) is 0 Å². The lowest BCUT2D eigenvalue weighted by molar-refractivity contribution is 0.164. The summed E-state index contributed by atoms with van der Waals surface area (Å²) < 4.78 is 4.55. The Morgan fingerprint density at radius 2 is 1.45 bits per heavy atom. The first-order valence-corrected chi connectivity index (χ1v) is 3.63. The molecule has 0 spiro atoms. The highest BCUT2D eigenvalue weighted by atomic mass is 16.6. The summed E-state index contributed by atoms with van der Waals surface area (Å²) in [5.74, 6) is 0. The van der Waals surface area contributed by atoms with E-state index in [1.165, 1.54) is 0 Å². The summed E-state index contributed by atoms with van der Waals surface area (Å²) >= 11 is 0. The van der Waals surface area contributed by atoms with Crippen molar-refractivity contribution in [2.24, 2.45) is 0 Å². The lowest BCUT2D eigenvalue weighted by Crippen LogP contribution is -1.86. The zero-order chi connectivity index (χ0) is 7.94. The molecule has 0 amide bonds. The van der Waals surface area contributed by atoms with Gasteiger partial charge in [0.25, 0.3) is 0 Å². The molecule has 11 heavy (non-hydrogen) atoms. The standard InChI is InChI=1S/C6H6.C3H5O2/c1-2-4-6-5-3-1;4-1-3-2-5-3/h1-6H;3H,1-2H2. The van der Waals surface area contributed by atoms with Gasteiger partial charge in [-0.25, -0.2) is 5.11 Å². The molecule has 0 saturated carbocycles. The second-order valence-electron chi connectivity index (χ2n) is 2.28. The molecule has 0 aliphatic carbocycles. The first-order valence-electron chi connectivity index (χ1n) is 3.63. The molecule has 2 heteroatoms. The van der Waals surface area contributed by atoms with Crippen LogP contribution in [0.25, 0.3) is 0 Å². The van der Waals surface area contributed by atoms with Crippen molar-refractivity contribution in [2.45, 2.75) is 6.10 Å². The van der Waals surface area contributed by atoms with Gasteiger partial charge in [0.15, 0.2) is 0 Å². The van der Waals surface area contributed by atoms with E-state index in [4.69, 9.17) is 0 Å². The average Bonchev–Trinajstić information content (AvgIpc) is 2.91. The van der Waals surface area contributed by atoms with E-state index in [-0.39, 0.29) is 12.7 Å². The van der Waals surface area contributed by atoms with Crippen molar-refractivity contribution in [3.8, 4) is 0 Å². The number of epoxide rings is 1. The van der Waals surface area contributed by atoms with Crippen LogP contribution in [-0.2, 0) is 9.84 Å². The van der Waals surface area contributed by atoms with Gasteiger partial charge in [0, 0.05) is 0 Å². The van der Waals surface area contributed by atoms with Gasteiger partial charge in [0.05, 0.1) is 6.61 Å². The minimum Gasteiger partial charge on any atom is -0.370 e. The van der Waals surface area contributed by atoms with Gasteiger partial charge in [0.1, 0.15) is 12.7 Å². The van der Waals surface area contributed by atoms with Crippen molar-refractivity contribution in [1.82, 2.24) is 0 Å². The van der Waals surface area contributed by atoms with Crippen LogP contribution in [0.2, 0.25) is 0 Å². The van der Waals surface area contributed by atoms with Gasteiger partial charge in [0.2, 0.25) is 0 Å². The molecule has 1 fully saturated rings. The van der Waals surface area contributed by atoms with Gasteiger partial charge in [-0.3, -0.25) is 0 Å². The van der Waals surface area contributed by atoms with E-state index >= 15 is 0 Å². The van der Waals surface area contributed by atoms with Gasteiger partial charge >= 0.3 is 0 Å².